The Morgan fingerprint density at radius 2 is 1.86 bits per heavy atom. The number of aromatic nitrogens is 1. The second-order valence-electron chi connectivity index (χ2n) is 6.94. The number of ether oxygens (including phenoxy) is 1. The first-order valence-electron chi connectivity index (χ1n) is 9.40. The zero-order chi connectivity index (χ0) is 20.4. The number of anilines is 2. The van der Waals surface area contributed by atoms with Gasteiger partial charge >= 0.3 is 0 Å². The van der Waals surface area contributed by atoms with Crippen molar-refractivity contribution in [2.45, 2.75) is 19.4 Å². The number of carbonyl (C=O) groups excluding carboxylic acids is 2. The van der Waals surface area contributed by atoms with Gasteiger partial charge in [0.1, 0.15) is 11.4 Å². The lowest BCUT2D eigenvalue weighted by molar-refractivity contribution is 0.0976. The SMILES string of the molecule is COc1ccccc1NC(=O)c1ccnc(C(=O)N2c3ccccc3CC2C)c1. The minimum Gasteiger partial charge on any atom is -0.495 e. The monoisotopic (exact) mass is 387 g/mol. The van der Waals surface area contributed by atoms with Crippen LogP contribution < -0.4 is 15.0 Å². The van der Waals surface area contributed by atoms with Crippen molar-refractivity contribution < 1.29 is 14.3 Å². The smallest absolute Gasteiger partial charge is 0.277 e. The summed E-state index contributed by atoms with van der Waals surface area (Å²) in [5.74, 6) is 0.0175. The molecular formula is C23H21N3O3. The third-order valence-electron chi connectivity index (χ3n) is 5.02. The Labute approximate surface area is 169 Å². The van der Waals surface area contributed by atoms with Crippen LogP contribution in [0.2, 0.25) is 0 Å². The molecule has 0 bridgehead atoms. The fraction of sp³-hybridized carbons (Fsp3) is 0.174. The number of rotatable bonds is 4. The van der Waals surface area contributed by atoms with Gasteiger partial charge in [-0.3, -0.25) is 14.6 Å². The molecule has 0 radical (unpaired) electrons. The lowest BCUT2D eigenvalue weighted by Crippen LogP contribution is -2.36. The number of benzene rings is 2. The van der Waals surface area contributed by atoms with Crippen LogP contribution in [0.4, 0.5) is 11.4 Å². The van der Waals surface area contributed by atoms with E-state index >= 15 is 0 Å². The Kier molecular flexibility index (Phi) is 4.99. The molecule has 6 heteroatoms. The first kappa shape index (κ1) is 18.7. The Balaban J connectivity index is 1.59. The van der Waals surface area contributed by atoms with Crippen LogP contribution in [0.3, 0.4) is 0 Å². The molecule has 29 heavy (non-hydrogen) atoms. The third kappa shape index (κ3) is 3.57. The van der Waals surface area contributed by atoms with E-state index in [1.807, 2.05) is 43.3 Å². The lowest BCUT2D eigenvalue weighted by Gasteiger charge is -2.22. The molecule has 1 atom stereocenters. The molecule has 1 aliphatic rings. The number of hydrogen-bond acceptors (Lipinski definition) is 4. The summed E-state index contributed by atoms with van der Waals surface area (Å²) in [7, 11) is 1.54. The highest BCUT2D eigenvalue weighted by atomic mass is 16.5. The Morgan fingerprint density at radius 3 is 2.69 bits per heavy atom. The predicted octanol–water partition coefficient (Wildman–Crippen LogP) is 3.93. The van der Waals surface area contributed by atoms with Gasteiger partial charge in [0.2, 0.25) is 0 Å². The van der Waals surface area contributed by atoms with Gasteiger partial charge in [-0.05, 0) is 49.2 Å². The van der Waals surface area contributed by atoms with Gasteiger partial charge in [-0.1, -0.05) is 30.3 Å². The normalized spacial score (nSPS) is 15.0. The van der Waals surface area contributed by atoms with Crippen LogP contribution in [0.5, 0.6) is 5.75 Å². The average molecular weight is 387 g/mol. The van der Waals surface area contributed by atoms with Gasteiger partial charge < -0.3 is 15.0 Å². The molecule has 6 nitrogen and oxygen atoms in total. The number of nitrogens with zero attached hydrogens (tertiary/aromatic N) is 2. The molecule has 1 aliphatic heterocycles. The van der Waals surface area contributed by atoms with Crippen molar-refractivity contribution in [1.82, 2.24) is 4.98 Å². The number of carbonyl (C=O) groups is 2. The Hall–Kier alpha value is -3.67. The quantitative estimate of drug-likeness (QED) is 0.736. The fourth-order valence-corrected chi connectivity index (χ4v) is 3.63. The summed E-state index contributed by atoms with van der Waals surface area (Å²) in [6.45, 7) is 2.01. The number of pyridine rings is 1. The van der Waals surface area contributed by atoms with E-state index in [1.165, 1.54) is 12.3 Å². The first-order chi connectivity index (χ1) is 14.1. The summed E-state index contributed by atoms with van der Waals surface area (Å²) in [5, 5.41) is 2.82. The zero-order valence-corrected chi connectivity index (χ0v) is 16.3. The van der Waals surface area contributed by atoms with E-state index in [0.717, 1.165) is 17.7 Å². The van der Waals surface area contributed by atoms with E-state index < -0.39 is 0 Å². The molecule has 0 saturated heterocycles. The number of fused-ring (bicyclic) bond motifs is 1. The second kappa shape index (κ2) is 7.75. The predicted molar refractivity (Wildman–Crippen MR) is 112 cm³/mol. The van der Waals surface area contributed by atoms with Crippen LogP contribution in [0, 0.1) is 0 Å². The van der Waals surface area contributed by atoms with Crippen LogP contribution in [0.15, 0.2) is 66.9 Å². The standard InChI is InChI=1S/C23H21N3O3/c1-15-13-16-7-3-5-9-20(16)26(15)23(28)19-14-17(11-12-24-19)22(27)25-18-8-4-6-10-21(18)29-2/h3-12,14-15H,13H2,1-2H3,(H,25,27). The topological polar surface area (TPSA) is 71.5 Å². The molecule has 0 aliphatic carbocycles. The number of methoxy groups -OCH3 is 1. The van der Waals surface area contributed by atoms with Gasteiger partial charge in [-0.2, -0.15) is 0 Å². The van der Waals surface area contributed by atoms with Crippen molar-refractivity contribution in [3.05, 3.63) is 83.7 Å². The number of hydrogen-bond donors (Lipinski definition) is 1. The molecule has 1 unspecified atom stereocenters. The minimum atomic E-state index is -0.333. The van der Waals surface area contributed by atoms with Crippen molar-refractivity contribution >= 4 is 23.2 Å². The van der Waals surface area contributed by atoms with Crippen LogP contribution in [0.1, 0.15) is 33.3 Å². The summed E-state index contributed by atoms with van der Waals surface area (Å²) in [6, 6.07) is 18.2. The molecule has 2 aromatic carbocycles. The van der Waals surface area contributed by atoms with Gasteiger partial charge in [0.05, 0.1) is 12.8 Å². The van der Waals surface area contributed by atoms with E-state index in [2.05, 4.69) is 10.3 Å². The van der Waals surface area contributed by atoms with Crippen molar-refractivity contribution in [2.75, 3.05) is 17.3 Å². The highest BCUT2D eigenvalue weighted by Gasteiger charge is 2.32. The Morgan fingerprint density at radius 1 is 1.10 bits per heavy atom. The summed E-state index contributed by atoms with van der Waals surface area (Å²) in [4.78, 5) is 31.9. The van der Waals surface area contributed by atoms with Crippen LogP contribution in [0.25, 0.3) is 0 Å². The molecule has 0 fully saturated rings. The largest absolute Gasteiger partial charge is 0.495 e. The van der Waals surface area contributed by atoms with Crippen LogP contribution in [-0.4, -0.2) is 29.9 Å². The molecule has 146 valence electrons. The minimum absolute atomic E-state index is 0.0350. The molecular weight excluding hydrogens is 366 g/mol. The Bertz CT molecular complexity index is 1080. The zero-order valence-electron chi connectivity index (χ0n) is 16.3. The van der Waals surface area contributed by atoms with Crippen LogP contribution in [-0.2, 0) is 6.42 Å². The second-order valence-corrected chi connectivity index (χ2v) is 6.94. The van der Waals surface area contributed by atoms with Gasteiger partial charge in [-0.25, -0.2) is 0 Å². The van der Waals surface area contributed by atoms with E-state index in [9.17, 15) is 9.59 Å². The van der Waals surface area contributed by atoms with E-state index in [-0.39, 0.29) is 23.6 Å². The van der Waals surface area contributed by atoms with Crippen molar-refractivity contribution in [3.63, 3.8) is 0 Å². The number of para-hydroxylation sites is 3. The number of nitrogens with one attached hydrogen (secondary N) is 1. The van der Waals surface area contributed by atoms with Crippen molar-refractivity contribution in [3.8, 4) is 5.75 Å². The van der Waals surface area contributed by atoms with E-state index in [4.69, 9.17) is 4.74 Å². The molecule has 2 heterocycles. The van der Waals surface area contributed by atoms with E-state index in [1.54, 1.807) is 30.2 Å². The molecule has 0 spiro atoms. The summed E-state index contributed by atoms with van der Waals surface area (Å²) in [5.41, 5.74) is 3.19. The summed E-state index contributed by atoms with van der Waals surface area (Å²) < 4.78 is 5.27. The molecule has 1 N–H and O–H groups in total. The maximum Gasteiger partial charge on any atom is 0.277 e. The van der Waals surface area contributed by atoms with Gasteiger partial charge in [-0.15, -0.1) is 0 Å². The molecule has 1 aromatic heterocycles. The molecule has 2 amide bonds. The summed E-state index contributed by atoms with van der Waals surface area (Å²) in [6.07, 6.45) is 2.28. The summed E-state index contributed by atoms with van der Waals surface area (Å²) >= 11 is 0. The van der Waals surface area contributed by atoms with Gasteiger partial charge in [0, 0.05) is 23.5 Å². The van der Waals surface area contributed by atoms with E-state index in [0.29, 0.717) is 17.0 Å². The first-order valence-corrected chi connectivity index (χ1v) is 9.40. The highest BCUT2D eigenvalue weighted by Crippen LogP contribution is 2.33. The van der Waals surface area contributed by atoms with Gasteiger partial charge in [0.15, 0.2) is 0 Å². The number of amides is 2. The molecule has 4 rings (SSSR count). The third-order valence-corrected chi connectivity index (χ3v) is 5.02. The van der Waals surface area contributed by atoms with Crippen molar-refractivity contribution in [1.29, 1.82) is 0 Å². The highest BCUT2D eigenvalue weighted by molar-refractivity contribution is 6.09. The maximum atomic E-state index is 13.2. The average Bonchev–Trinajstić information content (AvgIpc) is 3.09. The molecule has 3 aromatic rings. The van der Waals surface area contributed by atoms with Crippen molar-refractivity contribution in [2.24, 2.45) is 0 Å². The fourth-order valence-electron chi connectivity index (χ4n) is 3.63. The van der Waals surface area contributed by atoms with Crippen LogP contribution >= 0.6 is 0 Å². The maximum absolute atomic E-state index is 13.2. The molecule has 0 saturated carbocycles. The van der Waals surface area contributed by atoms with Gasteiger partial charge in [0.25, 0.3) is 11.8 Å². The lowest BCUT2D eigenvalue weighted by atomic mass is 10.1.